The normalized spacial score (nSPS) is 28.2. The molecule has 1 aliphatic carbocycles. The predicted molar refractivity (Wildman–Crippen MR) is 129 cm³/mol. The number of benzene rings is 1. The number of fused-ring (bicyclic) bond motifs is 2. The summed E-state index contributed by atoms with van der Waals surface area (Å²) in [5, 5.41) is 3.55. The van der Waals surface area contributed by atoms with Gasteiger partial charge in [-0.05, 0) is 38.3 Å². The van der Waals surface area contributed by atoms with Crippen molar-refractivity contribution in [1.82, 2.24) is 19.5 Å². The molecule has 6 rings (SSSR count). The Morgan fingerprint density at radius 1 is 1.09 bits per heavy atom. The minimum atomic E-state index is -0.713. The lowest BCUT2D eigenvalue weighted by atomic mass is 10.1. The molecule has 0 radical (unpaired) electrons. The molecule has 2 aromatic heterocycles. The van der Waals surface area contributed by atoms with Crippen molar-refractivity contribution < 1.29 is 18.9 Å². The van der Waals surface area contributed by atoms with Crippen LogP contribution in [0.3, 0.4) is 0 Å². The van der Waals surface area contributed by atoms with Gasteiger partial charge in [-0.3, -0.25) is 4.57 Å². The Balaban J connectivity index is 1.22. The molecule has 0 amide bonds. The Morgan fingerprint density at radius 2 is 1.89 bits per heavy atom. The molecule has 2 aliphatic heterocycles. The van der Waals surface area contributed by atoms with E-state index in [0.29, 0.717) is 18.3 Å². The van der Waals surface area contributed by atoms with Gasteiger partial charge in [-0.25, -0.2) is 15.0 Å². The van der Waals surface area contributed by atoms with Crippen LogP contribution < -0.4 is 5.32 Å². The zero-order valence-electron chi connectivity index (χ0n) is 20.0. The predicted octanol–water partition coefficient (Wildman–Crippen LogP) is 4.33. The monoisotopic (exact) mass is 477 g/mol. The van der Waals surface area contributed by atoms with Crippen molar-refractivity contribution in [3.8, 4) is 0 Å². The maximum absolute atomic E-state index is 6.43. The van der Waals surface area contributed by atoms with Crippen LogP contribution in [0.15, 0.2) is 55.3 Å². The SMILES string of the molecule is CC1(C)OC2[C@@H](O1)[C@@H](C=COCc1ccccc1)O[C@H]2n1cnc2c(NC3CCCC3)ncnc21. The third-order valence-electron chi connectivity index (χ3n) is 6.85. The lowest BCUT2D eigenvalue weighted by Crippen LogP contribution is -2.28. The van der Waals surface area contributed by atoms with Gasteiger partial charge < -0.3 is 24.3 Å². The molecule has 4 heterocycles. The molecule has 1 unspecified atom stereocenters. The number of nitrogens with zero attached hydrogens (tertiary/aromatic N) is 4. The number of anilines is 1. The number of rotatable bonds is 7. The summed E-state index contributed by atoms with van der Waals surface area (Å²) >= 11 is 0. The molecule has 0 bridgehead atoms. The van der Waals surface area contributed by atoms with Crippen molar-refractivity contribution >= 4 is 17.0 Å². The van der Waals surface area contributed by atoms with Gasteiger partial charge in [0.1, 0.15) is 31.2 Å². The Kier molecular flexibility index (Phi) is 5.91. The summed E-state index contributed by atoms with van der Waals surface area (Å²) in [5.41, 5.74) is 2.55. The molecule has 3 fully saturated rings. The highest BCUT2D eigenvalue weighted by Gasteiger charge is 2.55. The molecule has 4 atom stereocenters. The summed E-state index contributed by atoms with van der Waals surface area (Å²) in [7, 11) is 0. The van der Waals surface area contributed by atoms with Crippen LogP contribution >= 0.6 is 0 Å². The molecule has 1 saturated carbocycles. The topological polar surface area (TPSA) is 92.5 Å². The molecule has 184 valence electrons. The van der Waals surface area contributed by atoms with Crippen molar-refractivity contribution in [3.05, 3.63) is 60.9 Å². The van der Waals surface area contributed by atoms with Crippen molar-refractivity contribution in [1.29, 1.82) is 0 Å². The van der Waals surface area contributed by atoms with Crippen molar-refractivity contribution in [2.24, 2.45) is 0 Å². The lowest BCUT2D eigenvalue weighted by molar-refractivity contribution is -0.191. The van der Waals surface area contributed by atoms with Crippen LogP contribution in [0.2, 0.25) is 0 Å². The fourth-order valence-electron chi connectivity index (χ4n) is 5.25. The number of imidazole rings is 1. The zero-order valence-corrected chi connectivity index (χ0v) is 20.0. The van der Waals surface area contributed by atoms with Crippen LogP contribution in [0.1, 0.15) is 51.3 Å². The van der Waals surface area contributed by atoms with Gasteiger partial charge in [-0.15, -0.1) is 0 Å². The lowest BCUT2D eigenvalue weighted by Gasteiger charge is -2.24. The number of hydrogen-bond donors (Lipinski definition) is 1. The second-order valence-electron chi connectivity index (χ2n) is 9.85. The number of nitrogens with one attached hydrogen (secondary N) is 1. The van der Waals surface area contributed by atoms with Gasteiger partial charge in [0.05, 0.1) is 12.6 Å². The van der Waals surface area contributed by atoms with E-state index in [-0.39, 0.29) is 18.3 Å². The van der Waals surface area contributed by atoms with Gasteiger partial charge >= 0.3 is 0 Å². The number of hydrogen-bond acceptors (Lipinski definition) is 8. The van der Waals surface area contributed by atoms with Crippen molar-refractivity contribution in [2.75, 3.05) is 5.32 Å². The molecule has 9 nitrogen and oxygen atoms in total. The Hall–Kier alpha value is -3.01. The van der Waals surface area contributed by atoms with Crippen LogP contribution in [-0.4, -0.2) is 49.7 Å². The Bertz CT molecular complexity index is 1190. The summed E-state index contributed by atoms with van der Waals surface area (Å²) in [6, 6.07) is 10.5. The smallest absolute Gasteiger partial charge is 0.167 e. The van der Waals surface area contributed by atoms with Gasteiger partial charge in [0, 0.05) is 6.04 Å². The van der Waals surface area contributed by atoms with E-state index in [1.807, 2.05) is 54.8 Å². The molecule has 2 saturated heterocycles. The van der Waals surface area contributed by atoms with Crippen LogP contribution in [0.4, 0.5) is 5.82 Å². The Labute approximate surface area is 204 Å². The van der Waals surface area contributed by atoms with Crippen LogP contribution in [-0.2, 0) is 25.6 Å². The average molecular weight is 478 g/mol. The molecule has 35 heavy (non-hydrogen) atoms. The first kappa shape index (κ1) is 22.5. The van der Waals surface area contributed by atoms with Crippen molar-refractivity contribution in [2.45, 2.75) is 82.5 Å². The second-order valence-corrected chi connectivity index (χ2v) is 9.85. The third kappa shape index (κ3) is 4.51. The van der Waals surface area contributed by atoms with E-state index in [1.54, 1.807) is 18.9 Å². The first-order valence-electron chi connectivity index (χ1n) is 12.3. The molecule has 3 aromatic rings. The summed E-state index contributed by atoms with van der Waals surface area (Å²) in [6.07, 6.45) is 10.4. The summed E-state index contributed by atoms with van der Waals surface area (Å²) in [4.78, 5) is 13.6. The summed E-state index contributed by atoms with van der Waals surface area (Å²) < 4.78 is 26.6. The largest absolute Gasteiger partial charge is 0.497 e. The standard InChI is InChI=1S/C26H31N5O4/c1-26(2)34-21-19(12-13-32-14-17-8-4-3-5-9-17)33-25(22(21)35-26)31-16-29-20-23(27-15-28-24(20)31)30-18-10-6-7-11-18/h3-5,8-9,12-13,15-16,18-19,21-22,25H,6-7,10-11,14H2,1-2H3,(H,27,28,30)/t19-,21+,22?,25-/m1/s1. The highest BCUT2D eigenvalue weighted by atomic mass is 16.8. The van der Waals surface area contributed by atoms with Gasteiger partial charge in [0.25, 0.3) is 0 Å². The molecular weight excluding hydrogens is 446 g/mol. The zero-order chi connectivity index (χ0) is 23.8. The Morgan fingerprint density at radius 3 is 2.71 bits per heavy atom. The molecule has 3 aliphatic rings. The molecule has 1 aromatic carbocycles. The third-order valence-corrected chi connectivity index (χ3v) is 6.85. The second kappa shape index (κ2) is 9.22. The molecule has 9 heteroatoms. The molecule has 1 N–H and O–H groups in total. The minimum Gasteiger partial charge on any atom is -0.497 e. The van der Waals surface area contributed by atoms with Gasteiger partial charge in [0.15, 0.2) is 29.0 Å². The number of ether oxygens (including phenoxy) is 4. The van der Waals surface area contributed by atoms with E-state index >= 15 is 0 Å². The summed E-state index contributed by atoms with van der Waals surface area (Å²) in [6.45, 7) is 4.34. The highest BCUT2D eigenvalue weighted by molar-refractivity contribution is 5.82. The maximum atomic E-state index is 6.43. The quantitative estimate of drug-likeness (QED) is 0.503. The van der Waals surface area contributed by atoms with E-state index in [9.17, 15) is 0 Å². The van der Waals surface area contributed by atoms with E-state index < -0.39 is 12.0 Å². The highest BCUT2D eigenvalue weighted by Crippen LogP contribution is 2.44. The van der Waals surface area contributed by atoms with Gasteiger partial charge in [0.2, 0.25) is 0 Å². The van der Waals surface area contributed by atoms with Crippen LogP contribution in [0, 0.1) is 0 Å². The van der Waals surface area contributed by atoms with Crippen LogP contribution in [0.5, 0.6) is 0 Å². The van der Waals surface area contributed by atoms with E-state index in [4.69, 9.17) is 18.9 Å². The fourth-order valence-corrected chi connectivity index (χ4v) is 5.25. The van der Waals surface area contributed by atoms with Gasteiger partial charge in [-0.1, -0.05) is 43.2 Å². The average Bonchev–Trinajstić information content (AvgIpc) is 3.62. The van der Waals surface area contributed by atoms with Gasteiger partial charge in [-0.2, -0.15) is 0 Å². The summed E-state index contributed by atoms with van der Waals surface area (Å²) in [5.74, 6) is 0.0550. The maximum Gasteiger partial charge on any atom is 0.167 e. The van der Waals surface area contributed by atoms with E-state index in [1.165, 1.54) is 12.8 Å². The molecular formula is C26H31N5O4. The fraction of sp³-hybridized carbons (Fsp3) is 0.500. The van der Waals surface area contributed by atoms with E-state index in [0.717, 1.165) is 29.7 Å². The number of aromatic nitrogens is 4. The first-order chi connectivity index (χ1) is 17.1. The van der Waals surface area contributed by atoms with E-state index in [2.05, 4.69) is 20.3 Å². The van der Waals surface area contributed by atoms with Crippen LogP contribution in [0.25, 0.3) is 11.2 Å². The molecule has 0 spiro atoms. The first-order valence-corrected chi connectivity index (χ1v) is 12.3. The minimum absolute atomic E-state index is 0.276. The van der Waals surface area contributed by atoms with Crippen molar-refractivity contribution in [3.63, 3.8) is 0 Å².